The Morgan fingerprint density at radius 2 is 2.18 bits per heavy atom. The third-order valence-corrected chi connectivity index (χ3v) is 4.14. The Morgan fingerprint density at radius 1 is 1.41 bits per heavy atom. The Labute approximate surface area is 112 Å². The number of likely N-dealkylation sites (tertiary alicyclic amines) is 1. The number of nitrogens with two attached hydrogens (primary N) is 1. The first-order valence-electron chi connectivity index (χ1n) is 6.23. The smallest absolute Gasteiger partial charge is 0.0458 e. The van der Waals surface area contributed by atoms with E-state index in [0.29, 0.717) is 5.41 Å². The van der Waals surface area contributed by atoms with Gasteiger partial charge in [0.2, 0.25) is 0 Å². The molecule has 2 rings (SSSR count). The number of rotatable bonds is 2. The first-order valence-corrected chi connectivity index (χ1v) is 7.02. The van der Waals surface area contributed by atoms with Gasteiger partial charge in [-0.05, 0) is 58.4 Å². The second-order valence-electron chi connectivity index (χ2n) is 5.83. The number of halogens is 1. The molecule has 0 aliphatic carbocycles. The van der Waals surface area contributed by atoms with E-state index in [9.17, 15) is 0 Å². The summed E-state index contributed by atoms with van der Waals surface area (Å²) < 4.78 is 1.01. The molecule has 1 fully saturated rings. The van der Waals surface area contributed by atoms with Gasteiger partial charge in [0.1, 0.15) is 0 Å². The summed E-state index contributed by atoms with van der Waals surface area (Å²) in [5.74, 6) is 0. The SMILES string of the molecule is CC1(C)CCCN(Cc2ccc(N)c(Br)c2)C1. The number of hydrogen-bond donors (Lipinski definition) is 1. The molecule has 0 atom stereocenters. The van der Waals surface area contributed by atoms with Gasteiger partial charge in [0, 0.05) is 23.2 Å². The maximum Gasteiger partial charge on any atom is 0.0458 e. The summed E-state index contributed by atoms with van der Waals surface area (Å²) in [4.78, 5) is 2.54. The highest BCUT2D eigenvalue weighted by molar-refractivity contribution is 9.10. The van der Waals surface area contributed by atoms with Gasteiger partial charge in [-0.3, -0.25) is 4.90 Å². The Hall–Kier alpha value is -0.540. The lowest BCUT2D eigenvalue weighted by Gasteiger charge is -2.38. The van der Waals surface area contributed by atoms with Gasteiger partial charge in [-0.25, -0.2) is 0 Å². The molecule has 0 radical (unpaired) electrons. The van der Waals surface area contributed by atoms with Crippen LogP contribution < -0.4 is 5.73 Å². The van der Waals surface area contributed by atoms with Crippen molar-refractivity contribution in [1.82, 2.24) is 4.90 Å². The highest BCUT2D eigenvalue weighted by atomic mass is 79.9. The number of anilines is 1. The fourth-order valence-electron chi connectivity index (χ4n) is 2.61. The second kappa shape index (κ2) is 4.99. The van der Waals surface area contributed by atoms with Crippen molar-refractivity contribution in [2.75, 3.05) is 18.8 Å². The fraction of sp³-hybridized carbons (Fsp3) is 0.571. The number of hydrogen-bond acceptors (Lipinski definition) is 2. The molecule has 0 amide bonds. The molecule has 0 aromatic heterocycles. The molecule has 1 aliphatic rings. The summed E-state index contributed by atoms with van der Waals surface area (Å²) in [6.07, 6.45) is 2.65. The Balaban J connectivity index is 2.03. The summed E-state index contributed by atoms with van der Waals surface area (Å²) in [6.45, 7) is 8.15. The zero-order chi connectivity index (χ0) is 12.5. The van der Waals surface area contributed by atoms with Gasteiger partial charge in [-0.1, -0.05) is 19.9 Å². The minimum Gasteiger partial charge on any atom is -0.398 e. The molecule has 0 saturated carbocycles. The van der Waals surface area contributed by atoms with Crippen molar-refractivity contribution in [1.29, 1.82) is 0 Å². The molecule has 1 saturated heterocycles. The van der Waals surface area contributed by atoms with Crippen LogP contribution in [0.25, 0.3) is 0 Å². The van der Waals surface area contributed by atoms with E-state index in [2.05, 4.69) is 46.8 Å². The van der Waals surface area contributed by atoms with E-state index >= 15 is 0 Å². The van der Waals surface area contributed by atoms with E-state index in [1.165, 1.54) is 31.5 Å². The molecular weight excluding hydrogens is 276 g/mol. The Morgan fingerprint density at radius 3 is 2.82 bits per heavy atom. The molecular formula is C14H21BrN2. The lowest BCUT2D eigenvalue weighted by molar-refractivity contribution is 0.111. The summed E-state index contributed by atoms with van der Waals surface area (Å²) in [5, 5.41) is 0. The molecule has 0 spiro atoms. The van der Waals surface area contributed by atoms with Crippen LogP contribution in [0, 0.1) is 5.41 Å². The van der Waals surface area contributed by atoms with E-state index in [0.717, 1.165) is 16.7 Å². The number of nitrogen functional groups attached to an aromatic ring is 1. The molecule has 0 bridgehead atoms. The summed E-state index contributed by atoms with van der Waals surface area (Å²) in [7, 11) is 0. The molecule has 2 N–H and O–H groups in total. The average Bonchev–Trinajstić information content (AvgIpc) is 2.22. The molecule has 2 nitrogen and oxygen atoms in total. The Kier molecular flexibility index (Phi) is 3.79. The van der Waals surface area contributed by atoms with Gasteiger partial charge in [0.25, 0.3) is 0 Å². The van der Waals surface area contributed by atoms with Crippen molar-refractivity contribution in [2.45, 2.75) is 33.2 Å². The summed E-state index contributed by atoms with van der Waals surface area (Å²) in [6, 6.07) is 6.24. The van der Waals surface area contributed by atoms with Crippen molar-refractivity contribution in [3.8, 4) is 0 Å². The van der Waals surface area contributed by atoms with Crippen LogP contribution in [0.1, 0.15) is 32.3 Å². The normalized spacial score (nSPS) is 20.4. The van der Waals surface area contributed by atoms with Crippen LogP contribution in [-0.2, 0) is 6.54 Å². The van der Waals surface area contributed by atoms with Crippen LogP contribution in [-0.4, -0.2) is 18.0 Å². The topological polar surface area (TPSA) is 29.3 Å². The lowest BCUT2D eigenvalue weighted by atomic mass is 9.84. The predicted octanol–water partition coefficient (Wildman–Crippen LogP) is 3.65. The lowest BCUT2D eigenvalue weighted by Crippen LogP contribution is -2.39. The third kappa shape index (κ3) is 3.46. The van der Waals surface area contributed by atoms with E-state index in [1.807, 2.05) is 6.07 Å². The highest BCUT2D eigenvalue weighted by Crippen LogP contribution is 2.29. The zero-order valence-corrected chi connectivity index (χ0v) is 12.3. The zero-order valence-electron chi connectivity index (χ0n) is 10.7. The number of piperidine rings is 1. The summed E-state index contributed by atoms with van der Waals surface area (Å²) >= 11 is 3.49. The molecule has 0 unspecified atom stereocenters. The van der Waals surface area contributed by atoms with Crippen molar-refractivity contribution >= 4 is 21.6 Å². The minimum absolute atomic E-state index is 0.462. The first-order chi connectivity index (χ1) is 7.96. The number of benzene rings is 1. The maximum atomic E-state index is 5.80. The maximum absolute atomic E-state index is 5.80. The van der Waals surface area contributed by atoms with Gasteiger partial charge >= 0.3 is 0 Å². The highest BCUT2D eigenvalue weighted by Gasteiger charge is 2.26. The van der Waals surface area contributed by atoms with Gasteiger partial charge in [0.05, 0.1) is 0 Å². The molecule has 1 aliphatic heterocycles. The van der Waals surface area contributed by atoms with E-state index in [4.69, 9.17) is 5.73 Å². The quantitative estimate of drug-likeness (QED) is 0.844. The monoisotopic (exact) mass is 296 g/mol. The van der Waals surface area contributed by atoms with Crippen molar-refractivity contribution in [2.24, 2.45) is 5.41 Å². The van der Waals surface area contributed by atoms with Gasteiger partial charge in [-0.15, -0.1) is 0 Å². The largest absolute Gasteiger partial charge is 0.398 e. The molecule has 1 aromatic rings. The fourth-order valence-corrected chi connectivity index (χ4v) is 3.03. The van der Waals surface area contributed by atoms with Crippen LogP contribution in [0.4, 0.5) is 5.69 Å². The van der Waals surface area contributed by atoms with Crippen LogP contribution in [0.15, 0.2) is 22.7 Å². The molecule has 1 aromatic carbocycles. The molecule has 94 valence electrons. The van der Waals surface area contributed by atoms with Crippen molar-refractivity contribution in [3.05, 3.63) is 28.2 Å². The number of nitrogens with zero attached hydrogens (tertiary/aromatic N) is 1. The van der Waals surface area contributed by atoms with Crippen LogP contribution in [0.2, 0.25) is 0 Å². The van der Waals surface area contributed by atoms with E-state index in [-0.39, 0.29) is 0 Å². The third-order valence-electron chi connectivity index (χ3n) is 3.45. The van der Waals surface area contributed by atoms with E-state index < -0.39 is 0 Å². The van der Waals surface area contributed by atoms with Gasteiger partial charge in [-0.2, -0.15) is 0 Å². The molecule has 17 heavy (non-hydrogen) atoms. The molecule has 1 heterocycles. The van der Waals surface area contributed by atoms with Gasteiger partial charge in [0.15, 0.2) is 0 Å². The van der Waals surface area contributed by atoms with E-state index in [1.54, 1.807) is 0 Å². The van der Waals surface area contributed by atoms with Crippen molar-refractivity contribution in [3.63, 3.8) is 0 Å². The minimum atomic E-state index is 0.462. The first kappa shape index (κ1) is 12.9. The predicted molar refractivity (Wildman–Crippen MR) is 76.8 cm³/mol. The standard InChI is InChI=1S/C14H21BrN2/c1-14(2)6-3-7-17(10-14)9-11-4-5-13(16)12(15)8-11/h4-5,8H,3,6-7,9-10,16H2,1-2H3. The summed E-state index contributed by atoms with van der Waals surface area (Å²) in [5.41, 5.74) is 8.42. The second-order valence-corrected chi connectivity index (χ2v) is 6.69. The van der Waals surface area contributed by atoms with Crippen molar-refractivity contribution < 1.29 is 0 Å². The molecule has 3 heteroatoms. The Bertz CT molecular complexity index is 401. The average molecular weight is 297 g/mol. The van der Waals surface area contributed by atoms with Crippen LogP contribution >= 0.6 is 15.9 Å². The van der Waals surface area contributed by atoms with Crippen LogP contribution in [0.5, 0.6) is 0 Å². The van der Waals surface area contributed by atoms with Crippen LogP contribution in [0.3, 0.4) is 0 Å². The van der Waals surface area contributed by atoms with Gasteiger partial charge < -0.3 is 5.73 Å².